The molecule has 0 atom stereocenters. The quantitative estimate of drug-likeness (QED) is 0.353. The predicted octanol–water partition coefficient (Wildman–Crippen LogP) is 2.52. The number of hydrogen-bond donors (Lipinski definition) is 2. The van der Waals surface area contributed by atoms with Gasteiger partial charge in [0.25, 0.3) is 0 Å². The number of benzene rings is 2. The van der Waals surface area contributed by atoms with Crippen molar-refractivity contribution in [2.24, 2.45) is 5.10 Å². The van der Waals surface area contributed by atoms with Gasteiger partial charge in [0.05, 0.1) is 11.9 Å². The second-order valence-electron chi connectivity index (χ2n) is 4.19. The number of anilines is 1. The molecule has 112 valence electrons. The Bertz CT molecular complexity index is 734. The Morgan fingerprint density at radius 1 is 1.09 bits per heavy atom. The number of nitrogens with zero attached hydrogens (tertiary/aromatic N) is 1. The van der Waals surface area contributed by atoms with Crippen molar-refractivity contribution in [3.05, 3.63) is 63.5 Å². The predicted molar refractivity (Wildman–Crippen MR) is 89.9 cm³/mol. The van der Waals surface area contributed by atoms with E-state index < -0.39 is 17.6 Å². The monoisotopic (exact) mass is 411 g/mol. The molecule has 0 aromatic heterocycles. The summed E-state index contributed by atoms with van der Waals surface area (Å²) in [6.07, 6.45) is 1.41. The number of amides is 2. The SMILES string of the molecule is O=C(N/N=C\c1cccc(I)c1)C(=O)Nc1ccccc1F. The van der Waals surface area contributed by atoms with E-state index in [2.05, 4.69) is 38.4 Å². The first-order valence-corrected chi connectivity index (χ1v) is 7.28. The number of hydrogen-bond acceptors (Lipinski definition) is 3. The summed E-state index contributed by atoms with van der Waals surface area (Å²) < 4.78 is 14.4. The van der Waals surface area contributed by atoms with E-state index in [-0.39, 0.29) is 5.69 Å². The highest BCUT2D eigenvalue weighted by Gasteiger charge is 2.14. The second kappa shape index (κ2) is 7.64. The van der Waals surface area contributed by atoms with Gasteiger partial charge in [0.2, 0.25) is 0 Å². The summed E-state index contributed by atoms with van der Waals surface area (Å²) in [6.45, 7) is 0. The molecule has 2 aromatic carbocycles. The minimum Gasteiger partial charge on any atom is -0.315 e. The Labute approximate surface area is 139 Å². The molecule has 2 amide bonds. The number of carbonyl (C=O) groups excluding carboxylic acids is 2. The van der Waals surface area contributed by atoms with Crippen molar-refractivity contribution in [1.82, 2.24) is 5.43 Å². The first-order chi connectivity index (χ1) is 10.6. The molecule has 0 saturated heterocycles. The van der Waals surface area contributed by atoms with Crippen LogP contribution >= 0.6 is 22.6 Å². The van der Waals surface area contributed by atoms with Crippen molar-refractivity contribution >= 4 is 46.3 Å². The Morgan fingerprint density at radius 3 is 2.59 bits per heavy atom. The highest BCUT2D eigenvalue weighted by atomic mass is 127. The molecule has 0 saturated carbocycles. The molecule has 0 aliphatic heterocycles. The summed E-state index contributed by atoms with van der Waals surface area (Å²) in [5.74, 6) is -2.60. The number of carbonyl (C=O) groups is 2. The lowest BCUT2D eigenvalue weighted by molar-refractivity contribution is -0.136. The molecular weight excluding hydrogens is 400 g/mol. The summed E-state index contributed by atoms with van der Waals surface area (Å²) in [7, 11) is 0. The van der Waals surface area contributed by atoms with Gasteiger partial charge in [-0.05, 0) is 52.4 Å². The van der Waals surface area contributed by atoms with Crippen molar-refractivity contribution in [2.75, 3.05) is 5.32 Å². The van der Waals surface area contributed by atoms with E-state index in [1.807, 2.05) is 18.2 Å². The van der Waals surface area contributed by atoms with Crippen LogP contribution in [0.5, 0.6) is 0 Å². The third-order valence-electron chi connectivity index (χ3n) is 2.56. The van der Waals surface area contributed by atoms with Crippen LogP contribution in [0.1, 0.15) is 5.56 Å². The van der Waals surface area contributed by atoms with Crippen LogP contribution in [0.2, 0.25) is 0 Å². The molecule has 0 aliphatic rings. The van der Waals surface area contributed by atoms with Crippen molar-refractivity contribution in [2.45, 2.75) is 0 Å². The van der Waals surface area contributed by atoms with Crippen LogP contribution in [0.25, 0.3) is 0 Å². The number of nitrogens with one attached hydrogen (secondary N) is 2. The van der Waals surface area contributed by atoms with Gasteiger partial charge in [-0.25, -0.2) is 9.82 Å². The standard InChI is InChI=1S/C15H11FIN3O2/c16-12-6-1-2-7-13(12)19-14(21)15(22)20-18-9-10-4-3-5-11(17)8-10/h1-9H,(H,19,21)(H,20,22)/b18-9-. The van der Waals surface area contributed by atoms with Crippen LogP contribution in [0.3, 0.4) is 0 Å². The molecule has 2 aromatic rings. The number of hydrazone groups is 1. The van der Waals surface area contributed by atoms with Crippen LogP contribution < -0.4 is 10.7 Å². The van der Waals surface area contributed by atoms with Crippen LogP contribution in [-0.2, 0) is 9.59 Å². The number of rotatable bonds is 3. The summed E-state index contributed by atoms with van der Waals surface area (Å²) >= 11 is 2.15. The van der Waals surface area contributed by atoms with Crippen LogP contribution in [0.15, 0.2) is 53.6 Å². The smallest absolute Gasteiger partial charge is 0.315 e. The normalized spacial score (nSPS) is 10.5. The zero-order valence-corrected chi connectivity index (χ0v) is 13.4. The number of halogens is 2. The van der Waals surface area contributed by atoms with Gasteiger partial charge in [-0.2, -0.15) is 5.10 Å². The Balaban J connectivity index is 1.92. The van der Waals surface area contributed by atoms with E-state index in [0.29, 0.717) is 0 Å². The molecule has 0 unspecified atom stereocenters. The molecule has 2 N–H and O–H groups in total. The number of para-hydroxylation sites is 1. The van der Waals surface area contributed by atoms with E-state index in [9.17, 15) is 14.0 Å². The minimum atomic E-state index is -0.995. The fraction of sp³-hybridized carbons (Fsp3) is 0. The van der Waals surface area contributed by atoms with E-state index in [1.165, 1.54) is 24.4 Å². The molecule has 22 heavy (non-hydrogen) atoms. The van der Waals surface area contributed by atoms with Crippen LogP contribution in [0.4, 0.5) is 10.1 Å². The van der Waals surface area contributed by atoms with Gasteiger partial charge < -0.3 is 5.32 Å². The van der Waals surface area contributed by atoms with Crippen LogP contribution in [-0.4, -0.2) is 18.0 Å². The van der Waals surface area contributed by atoms with Gasteiger partial charge in [-0.3, -0.25) is 9.59 Å². The molecule has 0 fully saturated rings. The lowest BCUT2D eigenvalue weighted by atomic mass is 10.2. The molecule has 0 radical (unpaired) electrons. The molecule has 0 aliphatic carbocycles. The maximum absolute atomic E-state index is 13.3. The zero-order valence-electron chi connectivity index (χ0n) is 11.2. The Hall–Kier alpha value is -2.29. The van der Waals surface area contributed by atoms with E-state index in [4.69, 9.17) is 0 Å². The van der Waals surface area contributed by atoms with E-state index in [1.54, 1.807) is 12.1 Å². The lowest BCUT2D eigenvalue weighted by Crippen LogP contribution is -2.32. The van der Waals surface area contributed by atoms with Crippen molar-refractivity contribution in [1.29, 1.82) is 0 Å². The van der Waals surface area contributed by atoms with Gasteiger partial charge in [0.1, 0.15) is 5.82 Å². The van der Waals surface area contributed by atoms with E-state index >= 15 is 0 Å². The van der Waals surface area contributed by atoms with Crippen molar-refractivity contribution in [3.8, 4) is 0 Å². The second-order valence-corrected chi connectivity index (χ2v) is 5.43. The summed E-state index contributed by atoms with van der Waals surface area (Å²) in [6, 6.07) is 13.0. The first-order valence-electron chi connectivity index (χ1n) is 6.21. The third-order valence-corrected chi connectivity index (χ3v) is 3.23. The summed E-state index contributed by atoms with van der Waals surface area (Å²) in [5.41, 5.74) is 2.80. The van der Waals surface area contributed by atoms with Crippen LogP contribution in [0, 0.1) is 9.39 Å². The highest BCUT2D eigenvalue weighted by molar-refractivity contribution is 14.1. The van der Waals surface area contributed by atoms with Gasteiger partial charge in [0, 0.05) is 3.57 Å². The minimum absolute atomic E-state index is 0.0655. The zero-order chi connectivity index (χ0) is 15.9. The molecule has 7 heteroatoms. The average Bonchev–Trinajstić information content (AvgIpc) is 2.49. The fourth-order valence-corrected chi connectivity index (χ4v) is 2.11. The maximum Gasteiger partial charge on any atom is 0.329 e. The fourth-order valence-electron chi connectivity index (χ4n) is 1.54. The third kappa shape index (κ3) is 4.62. The maximum atomic E-state index is 13.3. The summed E-state index contributed by atoms with van der Waals surface area (Å²) in [4.78, 5) is 23.2. The molecule has 0 spiro atoms. The molecule has 0 bridgehead atoms. The topological polar surface area (TPSA) is 70.6 Å². The average molecular weight is 411 g/mol. The highest BCUT2D eigenvalue weighted by Crippen LogP contribution is 2.11. The Morgan fingerprint density at radius 2 is 1.86 bits per heavy atom. The largest absolute Gasteiger partial charge is 0.329 e. The van der Waals surface area contributed by atoms with E-state index in [0.717, 1.165) is 9.13 Å². The molecule has 5 nitrogen and oxygen atoms in total. The van der Waals surface area contributed by atoms with Crippen molar-refractivity contribution < 1.29 is 14.0 Å². The van der Waals surface area contributed by atoms with Crippen molar-refractivity contribution in [3.63, 3.8) is 0 Å². The van der Waals surface area contributed by atoms with Gasteiger partial charge >= 0.3 is 11.8 Å². The van der Waals surface area contributed by atoms with Gasteiger partial charge in [-0.15, -0.1) is 0 Å². The first kappa shape index (κ1) is 16.1. The molecule has 2 rings (SSSR count). The lowest BCUT2D eigenvalue weighted by Gasteiger charge is -2.04. The molecule has 0 heterocycles. The summed E-state index contributed by atoms with van der Waals surface area (Å²) in [5, 5.41) is 5.85. The van der Waals surface area contributed by atoms with Gasteiger partial charge in [0.15, 0.2) is 0 Å². The Kier molecular flexibility index (Phi) is 5.59. The van der Waals surface area contributed by atoms with Gasteiger partial charge in [-0.1, -0.05) is 24.3 Å². The molecular formula is C15H11FIN3O2.